The zero-order valence-corrected chi connectivity index (χ0v) is 16.5. The first-order valence-corrected chi connectivity index (χ1v) is 9.09. The van der Waals surface area contributed by atoms with Gasteiger partial charge in [-0.05, 0) is 43.2 Å². The molecule has 0 bridgehead atoms. The molecule has 28 heavy (non-hydrogen) atoms. The molecule has 3 rings (SSSR count). The van der Waals surface area contributed by atoms with Crippen molar-refractivity contribution < 1.29 is 19.1 Å². The number of ether oxygens (including phenoxy) is 2. The Hall–Kier alpha value is -3.34. The predicted molar refractivity (Wildman–Crippen MR) is 109 cm³/mol. The van der Waals surface area contributed by atoms with E-state index in [0.29, 0.717) is 22.7 Å². The second kappa shape index (κ2) is 8.13. The highest BCUT2D eigenvalue weighted by Crippen LogP contribution is 2.36. The Balaban J connectivity index is 2.13. The van der Waals surface area contributed by atoms with Gasteiger partial charge in [-0.25, -0.2) is 4.79 Å². The van der Waals surface area contributed by atoms with Crippen LogP contribution in [0, 0.1) is 0 Å². The normalized spacial score (nSPS) is 15.4. The number of esters is 1. The molecule has 1 aliphatic rings. The number of anilines is 1. The summed E-state index contributed by atoms with van der Waals surface area (Å²) in [5.41, 5.74) is 3.69. The summed E-state index contributed by atoms with van der Waals surface area (Å²) in [6.07, 6.45) is 2.59. The molecule has 0 fully saturated rings. The smallest absolute Gasteiger partial charge is 0.340 e. The first-order valence-electron chi connectivity index (χ1n) is 9.09. The van der Waals surface area contributed by atoms with Gasteiger partial charge in [-0.15, -0.1) is 0 Å². The highest BCUT2D eigenvalue weighted by atomic mass is 16.5. The van der Waals surface area contributed by atoms with E-state index in [1.807, 2.05) is 42.5 Å². The summed E-state index contributed by atoms with van der Waals surface area (Å²) in [6.45, 7) is 3.82. The number of amides is 1. The lowest BCUT2D eigenvalue weighted by molar-refractivity contribution is -0.136. The maximum absolute atomic E-state index is 13.3. The lowest BCUT2D eigenvalue weighted by atomic mass is 10.0. The number of carbonyl (C=O) groups is 2. The van der Waals surface area contributed by atoms with E-state index in [1.165, 1.54) is 12.7 Å². The third-order valence-electron chi connectivity index (χ3n) is 4.83. The van der Waals surface area contributed by atoms with Crippen molar-refractivity contribution in [2.45, 2.75) is 20.3 Å². The minimum Gasteiger partial charge on any atom is -0.496 e. The van der Waals surface area contributed by atoms with Crippen molar-refractivity contribution in [3.05, 3.63) is 76.5 Å². The molecular formula is C23H23NO4. The highest BCUT2D eigenvalue weighted by molar-refractivity contribution is 6.23. The van der Waals surface area contributed by atoms with Crippen LogP contribution in [0.15, 0.2) is 65.4 Å². The first-order chi connectivity index (χ1) is 13.5. The van der Waals surface area contributed by atoms with Crippen molar-refractivity contribution in [2.24, 2.45) is 0 Å². The topological polar surface area (TPSA) is 55.8 Å². The van der Waals surface area contributed by atoms with Gasteiger partial charge >= 0.3 is 5.97 Å². The van der Waals surface area contributed by atoms with Crippen molar-refractivity contribution in [1.82, 2.24) is 0 Å². The largest absolute Gasteiger partial charge is 0.496 e. The Morgan fingerprint density at radius 2 is 1.75 bits per heavy atom. The number of hydrogen-bond donors (Lipinski definition) is 0. The van der Waals surface area contributed by atoms with Crippen LogP contribution in [0.25, 0.3) is 6.08 Å². The minimum absolute atomic E-state index is 0.262. The van der Waals surface area contributed by atoms with Crippen molar-refractivity contribution in [1.29, 1.82) is 0 Å². The van der Waals surface area contributed by atoms with Crippen molar-refractivity contribution in [3.63, 3.8) is 0 Å². The number of carbonyl (C=O) groups excluding carboxylic acids is 2. The fourth-order valence-corrected chi connectivity index (χ4v) is 3.31. The van der Waals surface area contributed by atoms with E-state index in [-0.39, 0.29) is 17.1 Å². The van der Waals surface area contributed by atoms with E-state index in [9.17, 15) is 9.59 Å². The molecule has 1 amide bonds. The minimum atomic E-state index is -0.542. The molecule has 0 aliphatic carbocycles. The molecule has 0 N–H and O–H groups in total. The number of benzene rings is 2. The standard InChI is InChI=1S/C23H23NO4/c1-5-16-10-12-18(13-11-16)24-15(2)21(23(26)28-4)19(22(24)25)14-17-8-6-7-9-20(17)27-3/h6-14H,5H2,1-4H3/b19-14-. The zero-order chi connectivity index (χ0) is 20.3. The lowest BCUT2D eigenvalue weighted by Crippen LogP contribution is -2.24. The van der Waals surface area contributed by atoms with Gasteiger partial charge in [0.1, 0.15) is 5.75 Å². The van der Waals surface area contributed by atoms with Gasteiger partial charge in [-0.1, -0.05) is 37.3 Å². The molecule has 144 valence electrons. The third-order valence-corrected chi connectivity index (χ3v) is 4.83. The highest BCUT2D eigenvalue weighted by Gasteiger charge is 2.38. The molecule has 0 aromatic heterocycles. The summed E-state index contributed by atoms with van der Waals surface area (Å²) in [7, 11) is 2.88. The quantitative estimate of drug-likeness (QED) is 0.581. The molecule has 0 saturated heterocycles. The van der Waals surface area contributed by atoms with Crippen LogP contribution in [-0.4, -0.2) is 26.1 Å². The molecule has 1 aliphatic heterocycles. The molecule has 5 nitrogen and oxygen atoms in total. The molecule has 2 aromatic carbocycles. The second-order valence-corrected chi connectivity index (χ2v) is 6.41. The molecule has 0 unspecified atom stereocenters. The summed E-state index contributed by atoms with van der Waals surface area (Å²) < 4.78 is 10.3. The number of para-hydroxylation sites is 1. The van der Waals surface area contributed by atoms with Crippen LogP contribution in [-0.2, 0) is 20.7 Å². The number of rotatable bonds is 5. The fourth-order valence-electron chi connectivity index (χ4n) is 3.31. The summed E-state index contributed by atoms with van der Waals surface area (Å²) in [5, 5.41) is 0. The van der Waals surface area contributed by atoms with Crippen LogP contribution in [0.3, 0.4) is 0 Å². The Bertz CT molecular complexity index is 970. The van der Waals surface area contributed by atoms with E-state index in [2.05, 4.69) is 6.92 Å². The van der Waals surface area contributed by atoms with Crippen molar-refractivity contribution >= 4 is 23.6 Å². The fraction of sp³-hybridized carbons (Fsp3) is 0.217. The van der Waals surface area contributed by atoms with E-state index in [0.717, 1.165) is 6.42 Å². The number of allylic oxidation sites excluding steroid dienone is 1. The number of hydrogen-bond acceptors (Lipinski definition) is 4. The molecule has 1 heterocycles. The van der Waals surface area contributed by atoms with Crippen LogP contribution in [0.1, 0.15) is 25.0 Å². The van der Waals surface area contributed by atoms with Gasteiger partial charge in [0, 0.05) is 16.9 Å². The van der Waals surface area contributed by atoms with Gasteiger partial charge in [0.15, 0.2) is 0 Å². The summed E-state index contributed by atoms with van der Waals surface area (Å²) in [6, 6.07) is 15.1. The zero-order valence-electron chi connectivity index (χ0n) is 16.5. The Kier molecular flexibility index (Phi) is 5.64. The van der Waals surface area contributed by atoms with Crippen LogP contribution in [0.4, 0.5) is 5.69 Å². The van der Waals surface area contributed by atoms with E-state index < -0.39 is 5.97 Å². The molecular weight excluding hydrogens is 354 g/mol. The monoisotopic (exact) mass is 377 g/mol. The van der Waals surface area contributed by atoms with Crippen molar-refractivity contribution in [2.75, 3.05) is 19.1 Å². The SMILES string of the molecule is CCc1ccc(N2C(=O)/C(=C\c3ccccc3OC)C(C(=O)OC)=C2C)cc1. The van der Waals surface area contributed by atoms with Gasteiger partial charge < -0.3 is 9.47 Å². The summed E-state index contributed by atoms with van der Waals surface area (Å²) in [4.78, 5) is 27.3. The molecule has 2 aromatic rings. The van der Waals surface area contributed by atoms with E-state index in [1.54, 1.807) is 31.1 Å². The van der Waals surface area contributed by atoms with Gasteiger partial charge in [0.05, 0.1) is 25.4 Å². The van der Waals surface area contributed by atoms with Crippen LogP contribution in [0.2, 0.25) is 0 Å². The Morgan fingerprint density at radius 3 is 2.36 bits per heavy atom. The number of aryl methyl sites for hydroxylation is 1. The molecule has 0 spiro atoms. The Labute approximate surface area is 164 Å². The third kappa shape index (κ3) is 3.43. The number of methoxy groups -OCH3 is 2. The molecule has 5 heteroatoms. The Morgan fingerprint density at radius 1 is 1.07 bits per heavy atom. The summed E-state index contributed by atoms with van der Waals surface area (Å²) >= 11 is 0. The van der Waals surface area contributed by atoms with Crippen LogP contribution in [0.5, 0.6) is 5.75 Å². The molecule has 0 radical (unpaired) electrons. The van der Waals surface area contributed by atoms with Gasteiger partial charge in [-0.2, -0.15) is 0 Å². The summed E-state index contributed by atoms with van der Waals surface area (Å²) in [5.74, 6) is -0.192. The van der Waals surface area contributed by atoms with Gasteiger partial charge in [-0.3, -0.25) is 9.69 Å². The van der Waals surface area contributed by atoms with Crippen molar-refractivity contribution in [3.8, 4) is 5.75 Å². The maximum atomic E-state index is 13.3. The second-order valence-electron chi connectivity index (χ2n) is 6.41. The average Bonchev–Trinajstić information content (AvgIpc) is 2.97. The molecule has 0 atom stereocenters. The van der Waals surface area contributed by atoms with E-state index in [4.69, 9.17) is 9.47 Å². The maximum Gasteiger partial charge on any atom is 0.340 e. The van der Waals surface area contributed by atoms with Crippen LogP contribution >= 0.6 is 0 Å². The van der Waals surface area contributed by atoms with Crippen LogP contribution < -0.4 is 9.64 Å². The molecule has 0 saturated carbocycles. The van der Waals surface area contributed by atoms with E-state index >= 15 is 0 Å². The number of nitrogens with zero attached hydrogens (tertiary/aromatic N) is 1. The predicted octanol–water partition coefficient (Wildman–Crippen LogP) is 4.13. The lowest BCUT2D eigenvalue weighted by Gasteiger charge is -2.18. The van der Waals surface area contributed by atoms with Gasteiger partial charge in [0.2, 0.25) is 0 Å². The first kappa shape index (κ1) is 19.4. The average molecular weight is 377 g/mol. The van der Waals surface area contributed by atoms with Gasteiger partial charge in [0.25, 0.3) is 5.91 Å².